The lowest BCUT2D eigenvalue weighted by molar-refractivity contribution is 0.653. The van der Waals surface area contributed by atoms with Crippen molar-refractivity contribution >= 4 is 11.2 Å². The number of nitrogens with zero attached hydrogens (tertiary/aromatic N) is 4. The summed E-state index contributed by atoms with van der Waals surface area (Å²) < 4.78 is 2.22. The fourth-order valence-electron chi connectivity index (χ4n) is 1.89. The zero-order valence-electron chi connectivity index (χ0n) is 8.64. The van der Waals surface area contributed by atoms with Crippen LogP contribution in [-0.2, 0) is 6.54 Å². The number of rotatable bonds is 3. The molecule has 1 aliphatic carbocycles. The smallest absolute Gasteiger partial charge is 0.182 e. The van der Waals surface area contributed by atoms with Crippen molar-refractivity contribution < 1.29 is 0 Å². The van der Waals surface area contributed by atoms with Gasteiger partial charge in [0.05, 0.1) is 12.7 Å². The molecule has 0 saturated heterocycles. The van der Waals surface area contributed by atoms with Crippen LogP contribution in [-0.4, -0.2) is 26.8 Å². The first kappa shape index (κ1) is 8.79. The summed E-state index contributed by atoms with van der Waals surface area (Å²) in [6.45, 7) is 0.785. The van der Waals surface area contributed by atoms with E-state index in [1.807, 2.05) is 13.1 Å². The van der Waals surface area contributed by atoms with E-state index in [-0.39, 0.29) is 0 Å². The molecule has 1 fully saturated rings. The molecule has 78 valence electrons. The van der Waals surface area contributed by atoms with Gasteiger partial charge in [0, 0.05) is 6.04 Å². The zero-order chi connectivity index (χ0) is 10.3. The topological polar surface area (TPSA) is 55.6 Å². The Morgan fingerprint density at radius 1 is 1.53 bits per heavy atom. The third kappa shape index (κ3) is 1.39. The molecule has 5 heteroatoms. The lowest BCUT2D eigenvalue weighted by atomic mass is 10.5. The highest BCUT2D eigenvalue weighted by molar-refractivity contribution is 5.70. The van der Waals surface area contributed by atoms with Crippen molar-refractivity contribution in [2.45, 2.75) is 25.4 Å². The van der Waals surface area contributed by atoms with Crippen LogP contribution >= 0.6 is 0 Å². The van der Waals surface area contributed by atoms with Gasteiger partial charge in [0.25, 0.3) is 0 Å². The molecule has 5 nitrogen and oxygen atoms in total. The average Bonchev–Trinajstić information content (AvgIpc) is 3.01. The maximum Gasteiger partial charge on any atom is 0.182 e. The van der Waals surface area contributed by atoms with E-state index in [1.54, 1.807) is 6.20 Å². The molecule has 0 aromatic carbocycles. The molecule has 3 rings (SSSR count). The average molecular weight is 203 g/mol. The van der Waals surface area contributed by atoms with Gasteiger partial charge in [0.2, 0.25) is 0 Å². The Morgan fingerprint density at radius 2 is 2.40 bits per heavy atom. The zero-order valence-corrected chi connectivity index (χ0v) is 8.64. The van der Waals surface area contributed by atoms with Crippen LogP contribution in [0.2, 0.25) is 0 Å². The third-order valence-corrected chi connectivity index (χ3v) is 2.68. The highest BCUT2D eigenvalue weighted by Gasteiger charge is 2.28. The normalized spacial score (nSPS) is 16.1. The first-order valence-electron chi connectivity index (χ1n) is 5.23. The van der Waals surface area contributed by atoms with Gasteiger partial charge in [0.15, 0.2) is 5.65 Å². The first-order valence-corrected chi connectivity index (χ1v) is 5.23. The third-order valence-electron chi connectivity index (χ3n) is 2.68. The Kier molecular flexibility index (Phi) is 1.92. The van der Waals surface area contributed by atoms with E-state index in [2.05, 4.69) is 25.1 Å². The highest BCUT2D eigenvalue weighted by Crippen LogP contribution is 2.37. The molecule has 1 N–H and O–H groups in total. The summed E-state index contributed by atoms with van der Waals surface area (Å²) in [6, 6.07) is 2.51. The lowest BCUT2D eigenvalue weighted by Crippen LogP contribution is -2.11. The molecule has 0 unspecified atom stereocenters. The van der Waals surface area contributed by atoms with E-state index in [4.69, 9.17) is 0 Å². The summed E-state index contributed by atoms with van der Waals surface area (Å²) in [7, 11) is 1.93. The molecule has 0 radical (unpaired) electrons. The van der Waals surface area contributed by atoms with Crippen LogP contribution in [0.5, 0.6) is 0 Å². The summed E-state index contributed by atoms with van der Waals surface area (Å²) in [5.41, 5.74) is 1.87. The van der Waals surface area contributed by atoms with E-state index in [1.165, 1.54) is 12.8 Å². The number of aromatic nitrogens is 4. The summed E-state index contributed by atoms with van der Waals surface area (Å²) in [5, 5.41) is 11.2. The minimum Gasteiger partial charge on any atom is -0.313 e. The molecule has 0 aliphatic heterocycles. The molecule has 0 amide bonds. The predicted molar refractivity (Wildman–Crippen MR) is 56.4 cm³/mol. The molecule has 0 atom stereocenters. The lowest BCUT2D eigenvalue weighted by Gasteiger charge is -2.04. The molecule has 1 saturated carbocycles. The molecule has 0 spiro atoms. The van der Waals surface area contributed by atoms with E-state index < -0.39 is 0 Å². The van der Waals surface area contributed by atoms with Crippen molar-refractivity contribution in [3.05, 3.63) is 18.1 Å². The van der Waals surface area contributed by atoms with Crippen molar-refractivity contribution in [3.8, 4) is 0 Å². The van der Waals surface area contributed by atoms with Gasteiger partial charge < -0.3 is 9.88 Å². The van der Waals surface area contributed by atoms with Gasteiger partial charge in [-0.2, -0.15) is 5.10 Å². The molecular formula is C10H13N5. The number of imidazole rings is 1. The van der Waals surface area contributed by atoms with Crippen molar-refractivity contribution in [2.75, 3.05) is 7.05 Å². The highest BCUT2D eigenvalue weighted by atomic mass is 15.2. The maximum absolute atomic E-state index is 4.56. The second-order valence-corrected chi connectivity index (χ2v) is 3.90. The SMILES string of the molecule is CNCc1nc2ccnnc2n1C1CC1. The Balaban J connectivity index is 2.19. The standard InChI is InChI=1S/C10H13N5/c1-11-6-9-13-8-4-5-12-14-10(8)15(9)7-2-3-7/h4-5,7,11H,2-3,6H2,1H3. The van der Waals surface area contributed by atoms with Crippen molar-refractivity contribution in [3.63, 3.8) is 0 Å². The van der Waals surface area contributed by atoms with Gasteiger partial charge in [-0.25, -0.2) is 4.98 Å². The summed E-state index contributed by atoms with van der Waals surface area (Å²) in [4.78, 5) is 4.56. The minimum atomic E-state index is 0.593. The Bertz CT molecular complexity index is 486. The first-order chi connectivity index (χ1) is 7.40. The van der Waals surface area contributed by atoms with Crippen LogP contribution in [0, 0.1) is 0 Å². The monoisotopic (exact) mass is 203 g/mol. The fourth-order valence-corrected chi connectivity index (χ4v) is 1.89. The Labute approximate surface area is 87.5 Å². The number of fused-ring (bicyclic) bond motifs is 1. The van der Waals surface area contributed by atoms with Crippen LogP contribution in [0.25, 0.3) is 11.2 Å². The Hall–Kier alpha value is -1.49. The van der Waals surface area contributed by atoms with Crippen LogP contribution < -0.4 is 5.32 Å². The molecule has 0 bridgehead atoms. The maximum atomic E-state index is 4.56. The molecular weight excluding hydrogens is 190 g/mol. The summed E-state index contributed by atoms with van der Waals surface area (Å²) >= 11 is 0. The van der Waals surface area contributed by atoms with Gasteiger partial charge in [0.1, 0.15) is 11.3 Å². The number of hydrogen-bond acceptors (Lipinski definition) is 4. The summed E-state index contributed by atoms with van der Waals surface area (Å²) in [6.07, 6.45) is 4.16. The van der Waals surface area contributed by atoms with E-state index in [0.29, 0.717) is 6.04 Å². The van der Waals surface area contributed by atoms with Gasteiger partial charge in [-0.15, -0.1) is 5.10 Å². The van der Waals surface area contributed by atoms with E-state index in [0.717, 1.165) is 23.5 Å². The van der Waals surface area contributed by atoms with E-state index in [9.17, 15) is 0 Å². The van der Waals surface area contributed by atoms with Crippen LogP contribution in [0.1, 0.15) is 24.7 Å². The molecule has 2 aromatic rings. The molecule has 2 heterocycles. The number of hydrogen-bond donors (Lipinski definition) is 1. The van der Waals surface area contributed by atoms with Gasteiger partial charge in [-0.3, -0.25) is 0 Å². The predicted octanol–water partition coefficient (Wildman–Crippen LogP) is 0.881. The van der Waals surface area contributed by atoms with Crippen molar-refractivity contribution in [1.82, 2.24) is 25.1 Å². The van der Waals surface area contributed by atoms with Crippen LogP contribution in [0.4, 0.5) is 0 Å². The van der Waals surface area contributed by atoms with Crippen molar-refractivity contribution in [2.24, 2.45) is 0 Å². The van der Waals surface area contributed by atoms with E-state index >= 15 is 0 Å². The van der Waals surface area contributed by atoms with Gasteiger partial charge >= 0.3 is 0 Å². The van der Waals surface area contributed by atoms with Crippen molar-refractivity contribution in [1.29, 1.82) is 0 Å². The summed E-state index contributed by atoms with van der Waals surface area (Å²) in [5.74, 6) is 1.07. The largest absolute Gasteiger partial charge is 0.313 e. The van der Waals surface area contributed by atoms with Crippen LogP contribution in [0.15, 0.2) is 12.3 Å². The fraction of sp³-hybridized carbons (Fsp3) is 0.500. The van der Waals surface area contributed by atoms with Gasteiger partial charge in [-0.05, 0) is 26.0 Å². The molecule has 2 aromatic heterocycles. The molecule has 15 heavy (non-hydrogen) atoms. The second kappa shape index (κ2) is 3.27. The number of nitrogens with one attached hydrogen (secondary N) is 1. The Morgan fingerprint density at radius 3 is 3.13 bits per heavy atom. The minimum absolute atomic E-state index is 0.593. The van der Waals surface area contributed by atoms with Crippen LogP contribution in [0.3, 0.4) is 0 Å². The van der Waals surface area contributed by atoms with Gasteiger partial charge in [-0.1, -0.05) is 0 Å². The molecule has 1 aliphatic rings. The second-order valence-electron chi connectivity index (χ2n) is 3.90. The quantitative estimate of drug-likeness (QED) is 0.804.